The number of aromatic nitrogens is 3. The summed E-state index contributed by atoms with van der Waals surface area (Å²) in [5, 5.41) is 0. The Kier molecular flexibility index (Phi) is 5.84. The number of benzene rings is 1. The summed E-state index contributed by atoms with van der Waals surface area (Å²) in [6.07, 6.45) is 1.83. The lowest BCUT2D eigenvalue weighted by atomic mass is 10.0. The second kappa shape index (κ2) is 8.71. The molecule has 3 heterocycles. The Hall–Kier alpha value is -3.48. The Morgan fingerprint density at radius 2 is 1.97 bits per heavy atom. The molecule has 7 nitrogen and oxygen atoms in total. The van der Waals surface area contributed by atoms with Crippen molar-refractivity contribution in [2.75, 3.05) is 13.1 Å². The van der Waals surface area contributed by atoms with Crippen molar-refractivity contribution >= 4 is 5.91 Å². The predicted molar refractivity (Wildman–Crippen MR) is 118 cm³/mol. The van der Waals surface area contributed by atoms with E-state index in [0.717, 1.165) is 17.5 Å². The van der Waals surface area contributed by atoms with Crippen LogP contribution in [0.2, 0.25) is 0 Å². The number of rotatable bonds is 5. The molecule has 1 aliphatic heterocycles. The van der Waals surface area contributed by atoms with Gasteiger partial charge in [-0.25, -0.2) is 4.98 Å². The summed E-state index contributed by atoms with van der Waals surface area (Å²) in [7, 11) is 0. The third-order valence-electron chi connectivity index (χ3n) is 5.44. The number of hydrogen-bond donors (Lipinski definition) is 1. The zero-order valence-electron chi connectivity index (χ0n) is 18.0. The van der Waals surface area contributed by atoms with Crippen LogP contribution in [0.15, 0.2) is 53.5 Å². The fourth-order valence-electron chi connectivity index (χ4n) is 4.02. The number of aromatic amines is 1. The summed E-state index contributed by atoms with van der Waals surface area (Å²) in [6.45, 7) is 6.91. The van der Waals surface area contributed by atoms with Crippen LogP contribution in [0, 0.1) is 13.8 Å². The van der Waals surface area contributed by atoms with Gasteiger partial charge in [0.15, 0.2) is 11.9 Å². The molecule has 1 aliphatic rings. The van der Waals surface area contributed by atoms with Gasteiger partial charge in [-0.15, -0.1) is 0 Å². The van der Waals surface area contributed by atoms with Crippen LogP contribution in [0.5, 0.6) is 5.75 Å². The number of carbonyl (C=O) groups is 1. The lowest BCUT2D eigenvalue weighted by Crippen LogP contribution is -2.39. The van der Waals surface area contributed by atoms with Crippen LogP contribution in [0.25, 0.3) is 11.5 Å². The van der Waals surface area contributed by atoms with Gasteiger partial charge in [-0.05, 0) is 62.6 Å². The minimum atomic E-state index is -0.587. The Morgan fingerprint density at radius 3 is 2.68 bits per heavy atom. The molecule has 1 saturated heterocycles. The highest BCUT2D eigenvalue weighted by Crippen LogP contribution is 2.27. The average molecular weight is 418 g/mol. The van der Waals surface area contributed by atoms with Gasteiger partial charge in [-0.1, -0.05) is 12.1 Å². The first-order chi connectivity index (χ1) is 14.9. The summed E-state index contributed by atoms with van der Waals surface area (Å²) in [6, 6.07) is 12.9. The monoisotopic (exact) mass is 418 g/mol. The van der Waals surface area contributed by atoms with E-state index in [1.807, 2.05) is 38.1 Å². The largest absolute Gasteiger partial charge is 0.481 e. The van der Waals surface area contributed by atoms with Gasteiger partial charge >= 0.3 is 0 Å². The highest BCUT2D eigenvalue weighted by molar-refractivity contribution is 5.81. The van der Waals surface area contributed by atoms with E-state index in [-0.39, 0.29) is 17.4 Å². The van der Waals surface area contributed by atoms with Crippen molar-refractivity contribution in [3.05, 3.63) is 75.8 Å². The van der Waals surface area contributed by atoms with Crippen molar-refractivity contribution in [1.29, 1.82) is 0 Å². The Bertz CT molecular complexity index is 1120. The second-order valence-electron chi connectivity index (χ2n) is 8.09. The van der Waals surface area contributed by atoms with Gasteiger partial charge in [0.05, 0.1) is 5.69 Å². The zero-order valence-corrected chi connectivity index (χ0v) is 18.0. The number of amides is 1. The number of hydrogen-bond acceptors (Lipinski definition) is 5. The number of nitrogens with one attached hydrogen (secondary N) is 1. The normalized spacial score (nSPS) is 16.9. The summed E-state index contributed by atoms with van der Waals surface area (Å²) in [4.78, 5) is 38.6. The molecule has 0 spiro atoms. The van der Waals surface area contributed by atoms with Gasteiger partial charge in [-0.2, -0.15) is 0 Å². The summed E-state index contributed by atoms with van der Waals surface area (Å²) >= 11 is 0. The Labute approximate surface area is 181 Å². The standard InChI is InChI=1S/C24H26N4O3/c1-15-10-16(2)12-19(11-15)31-17(3)24(30)28-9-7-18(14-28)21-13-22(29)27-23(26-21)20-6-4-5-8-25-20/h4-6,8,10-13,17-18H,7,9,14H2,1-3H3,(H,26,27,29)/t17-,18-/m0/s1. The van der Waals surface area contributed by atoms with Crippen LogP contribution in [0.1, 0.15) is 36.1 Å². The molecular formula is C24H26N4O3. The molecule has 1 aromatic carbocycles. The highest BCUT2D eigenvalue weighted by Gasteiger charge is 2.32. The SMILES string of the molecule is Cc1cc(C)cc(O[C@@H](C)C(=O)N2CC[C@H](c3cc(=O)[nH]c(-c4ccccn4)n3)C2)c1. The van der Waals surface area contributed by atoms with E-state index in [9.17, 15) is 9.59 Å². The quantitative estimate of drug-likeness (QED) is 0.687. The highest BCUT2D eigenvalue weighted by atomic mass is 16.5. The van der Waals surface area contributed by atoms with Crippen molar-refractivity contribution in [1.82, 2.24) is 19.9 Å². The fourth-order valence-corrected chi connectivity index (χ4v) is 4.02. The molecule has 0 unspecified atom stereocenters. The minimum absolute atomic E-state index is 0.00197. The predicted octanol–water partition coefficient (Wildman–Crippen LogP) is 3.23. The summed E-state index contributed by atoms with van der Waals surface area (Å²) < 4.78 is 5.92. The maximum Gasteiger partial charge on any atom is 0.263 e. The third kappa shape index (κ3) is 4.82. The second-order valence-corrected chi connectivity index (χ2v) is 8.09. The number of ether oxygens (including phenoxy) is 1. The van der Waals surface area contributed by atoms with Crippen molar-refractivity contribution in [2.24, 2.45) is 0 Å². The molecule has 1 fully saturated rings. The van der Waals surface area contributed by atoms with Crippen molar-refractivity contribution < 1.29 is 9.53 Å². The molecule has 0 saturated carbocycles. The summed E-state index contributed by atoms with van der Waals surface area (Å²) in [5.74, 6) is 1.09. The molecule has 2 atom stereocenters. The maximum atomic E-state index is 13.0. The Balaban J connectivity index is 1.46. The molecule has 0 aliphatic carbocycles. The van der Waals surface area contributed by atoms with Gasteiger partial charge in [0.2, 0.25) is 0 Å². The number of H-pyrrole nitrogens is 1. The fraction of sp³-hybridized carbons (Fsp3) is 0.333. The molecule has 1 amide bonds. The summed E-state index contributed by atoms with van der Waals surface area (Å²) in [5.41, 5.74) is 3.27. The van der Waals surface area contributed by atoms with Crippen LogP contribution in [0.3, 0.4) is 0 Å². The maximum absolute atomic E-state index is 13.0. The molecule has 0 radical (unpaired) electrons. The smallest absolute Gasteiger partial charge is 0.263 e. The van der Waals surface area contributed by atoms with Gasteiger partial charge in [0.25, 0.3) is 11.5 Å². The molecular weight excluding hydrogens is 392 g/mol. The zero-order chi connectivity index (χ0) is 22.0. The molecule has 3 aromatic rings. The third-order valence-corrected chi connectivity index (χ3v) is 5.44. The Morgan fingerprint density at radius 1 is 1.19 bits per heavy atom. The van der Waals surface area contributed by atoms with E-state index < -0.39 is 6.10 Å². The number of nitrogens with zero attached hydrogens (tertiary/aromatic N) is 3. The van der Waals surface area contributed by atoms with E-state index in [1.54, 1.807) is 24.1 Å². The number of likely N-dealkylation sites (tertiary alicyclic amines) is 1. The van der Waals surface area contributed by atoms with Crippen LogP contribution < -0.4 is 10.3 Å². The van der Waals surface area contributed by atoms with E-state index in [1.165, 1.54) is 6.07 Å². The molecule has 4 rings (SSSR count). The average Bonchev–Trinajstić information content (AvgIpc) is 3.23. The van der Waals surface area contributed by atoms with Gasteiger partial charge in [0, 0.05) is 31.3 Å². The molecule has 7 heteroatoms. The lowest BCUT2D eigenvalue weighted by molar-refractivity contribution is -0.136. The first-order valence-electron chi connectivity index (χ1n) is 10.5. The van der Waals surface area contributed by atoms with E-state index in [2.05, 4.69) is 21.0 Å². The van der Waals surface area contributed by atoms with Gasteiger partial charge < -0.3 is 14.6 Å². The van der Waals surface area contributed by atoms with Crippen molar-refractivity contribution in [3.8, 4) is 17.3 Å². The molecule has 0 bridgehead atoms. The van der Waals surface area contributed by atoms with Gasteiger partial charge in [0.1, 0.15) is 11.4 Å². The van der Waals surface area contributed by atoms with E-state index in [0.29, 0.717) is 36.1 Å². The van der Waals surface area contributed by atoms with Crippen molar-refractivity contribution in [2.45, 2.75) is 39.2 Å². The van der Waals surface area contributed by atoms with Crippen LogP contribution in [0.4, 0.5) is 0 Å². The van der Waals surface area contributed by atoms with Crippen molar-refractivity contribution in [3.63, 3.8) is 0 Å². The topological polar surface area (TPSA) is 88.2 Å². The number of carbonyl (C=O) groups excluding carboxylic acids is 1. The molecule has 2 aromatic heterocycles. The van der Waals surface area contributed by atoms with E-state index >= 15 is 0 Å². The number of aryl methyl sites for hydroxylation is 2. The molecule has 31 heavy (non-hydrogen) atoms. The van der Waals surface area contributed by atoms with Crippen LogP contribution in [-0.4, -0.2) is 45.0 Å². The van der Waals surface area contributed by atoms with E-state index in [4.69, 9.17) is 4.74 Å². The van der Waals surface area contributed by atoms with Crippen LogP contribution >= 0.6 is 0 Å². The molecule has 160 valence electrons. The number of pyridine rings is 1. The molecule has 1 N–H and O–H groups in total. The van der Waals surface area contributed by atoms with Gasteiger partial charge in [-0.3, -0.25) is 14.6 Å². The first-order valence-corrected chi connectivity index (χ1v) is 10.5. The van der Waals surface area contributed by atoms with Crippen LogP contribution in [-0.2, 0) is 4.79 Å². The lowest BCUT2D eigenvalue weighted by Gasteiger charge is -2.22. The minimum Gasteiger partial charge on any atom is -0.481 e. The first kappa shape index (κ1) is 20.8.